The van der Waals surface area contributed by atoms with E-state index in [9.17, 15) is 14.7 Å². The number of H-pyrrole nitrogens is 1. The number of aromatic amines is 1. The second-order valence-electron chi connectivity index (χ2n) is 6.80. The highest BCUT2D eigenvalue weighted by molar-refractivity contribution is 5.92. The van der Waals surface area contributed by atoms with E-state index in [2.05, 4.69) is 20.7 Å². The minimum Gasteiger partial charge on any atom is -0.481 e. The third-order valence-electron chi connectivity index (χ3n) is 4.73. The SMILES string of the molecule is NCC(CC(Cc1ccc(-c2ccccc2)cc1)NC(=O)c1cn[nH]n1)C(=O)O. The number of rotatable bonds is 9. The van der Waals surface area contributed by atoms with Gasteiger partial charge in [-0.15, -0.1) is 0 Å². The molecule has 0 saturated carbocycles. The van der Waals surface area contributed by atoms with Crippen LogP contribution in [0.15, 0.2) is 60.8 Å². The Morgan fingerprint density at radius 3 is 2.34 bits per heavy atom. The van der Waals surface area contributed by atoms with Gasteiger partial charge in [-0.3, -0.25) is 9.59 Å². The first-order chi connectivity index (χ1) is 14.1. The lowest BCUT2D eigenvalue weighted by atomic mass is 9.94. The average Bonchev–Trinajstić information content (AvgIpc) is 3.28. The maximum absolute atomic E-state index is 12.4. The summed E-state index contributed by atoms with van der Waals surface area (Å²) in [7, 11) is 0. The monoisotopic (exact) mass is 393 g/mol. The van der Waals surface area contributed by atoms with E-state index < -0.39 is 23.8 Å². The van der Waals surface area contributed by atoms with Crippen molar-refractivity contribution in [1.29, 1.82) is 0 Å². The molecule has 5 N–H and O–H groups in total. The molecule has 2 aromatic carbocycles. The summed E-state index contributed by atoms with van der Waals surface area (Å²) >= 11 is 0. The van der Waals surface area contributed by atoms with Crippen LogP contribution in [0.5, 0.6) is 0 Å². The molecular weight excluding hydrogens is 370 g/mol. The van der Waals surface area contributed by atoms with Crippen molar-refractivity contribution < 1.29 is 14.7 Å². The maximum atomic E-state index is 12.4. The fourth-order valence-corrected chi connectivity index (χ4v) is 3.15. The minimum atomic E-state index is -0.979. The third-order valence-corrected chi connectivity index (χ3v) is 4.73. The standard InChI is InChI=1S/C21H23N5O3/c22-12-17(21(28)29)11-18(24-20(27)19-13-23-26-25-19)10-14-6-8-16(9-7-14)15-4-2-1-3-5-15/h1-9,13,17-18H,10-12,22H2,(H,24,27)(H,28,29)(H,23,25,26). The number of aliphatic carboxylic acids is 1. The summed E-state index contributed by atoms with van der Waals surface area (Å²) in [5.74, 6) is -2.14. The average molecular weight is 393 g/mol. The van der Waals surface area contributed by atoms with Crippen molar-refractivity contribution in [3.8, 4) is 11.1 Å². The van der Waals surface area contributed by atoms with Gasteiger partial charge in [0.05, 0.1) is 12.1 Å². The Bertz CT molecular complexity index is 927. The van der Waals surface area contributed by atoms with E-state index in [1.54, 1.807) is 0 Å². The highest BCUT2D eigenvalue weighted by atomic mass is 16.4. The Morgan fingerprint density at radius 1 is 1.07 bits per heavy atom. The molecule has 0 radical (unpaired) electrons. The predicted octanol–water partition coefficient (Wildman–Crippen LogP) is 1.86. The quantitative estimate of drug-likeness (QED) is 0.438. The molecule has 150 valence electrons. The number of aromatic nitrogens is 3. The largest absolute Gasteiger partial charge is 0.481 e. The lowest BCUT2D eigenvalue weighted by Gasteiger charge is -2.21. The Balaban J connectivity index is 1.74. The zero-order valence-corrected chi connectivity index (χ0v) is 15.8. The van der Waals surface area contributed by atoms with Crippen molar-refractivity contribution >= 4 is 11.9 Å². The number of carboxylic acid groups (broad SMARTS) is 1. The number of carboxylic acids is 1. The van der Waals surface area contributed by atoms with Crippen molar-refractivity contribution in [3.63, 3.8) is 0 Å². The van der Waals surface area contributed by atoms with Gasteiger partial charge in [-0.25, -0.2) is 0 Å². The molecule has 0 aliphatic rings. The van der Waals surface area contributed by atoms with E-state index in [0.29, 0.717) is 6.42 Å². The van der Waals surface area contributed by atoms with Crippen molar-refractivity contribution in [3.05, 3.63) is 72.1 Å². The van der Waals surface area contributed by atoms with Gasteiger partial charge in [0.2, 0.25) is 0 Å². The molecule has 8 nitrogen and oxygen atoms in total. The van der Waals surface area contributed by atoms with Crippen LogP contribution >= 0.6 is 0 Å². The van der Waals surface area contributed by atoms with Crippen molar-refractivity contribution in [2.75, 3.05) is 6.54 Å². The summed E-state index contributed by atoms with van der Waals surface area (Å²) in [4.78, 5) is 23.8. The number of nitrogens with two attached hydrogens (primary N) is 1. The van der Waals surface area contributed by atoms with Crippen LogP contribution in [0.1, 0.15) is 22.5 Å². The molecule has 0 spiro atoms. The number of amides is 1. The molecular formula is C21H23N5O3. The Morgan fingerprint density at radius 2 is 1.76 bits per heavy atom. The van der Waals surface area contributed by atoms with Gasteiger partial charge >= 0.3 is 5.97 Å². The highest BCUT2D eigenvalue weighted by Crippen LogP contribution is 2.20. The van der Waals surface area contributed by atoms with E-state index in [4.69, 9.17) is 5.73 Å². The van der Waals surface area contributed by atoms with Crippen LogP contribution in [-0.2, 0) is 11.2 Å². The summed E-state index contributed by atoms with van der Waals surface area (Å²) in [6.07, 6.45) is 2.01. The first kappa shape index (κ1) is 20.2. The van der Waals surface area contributed by atoms with Crippen LogP contribution in [-0.4, -0.2) is 45.0 Å². The van der Waals surface area contributed by atoms with Gasteiger partial charge < -0.3 is 16.2 Å². The zero-order valence-electron chi connectivity index (χ0n) is 15.8. The van der Waals surface area contributed by atoms with Gasteiger partial charge in [-0.1, -0.05) is 54.6 Å². The van der Waals surface area contributed by atoms with Gasteiger partial charge in [-0.2, -0.15) is 15.4 Å². The highest BCUT2D eigenvalue weighted by Gasteiger charge is 2.24. The molecule has 1 amide bonds. The van der Waals surface area contributed by atoms with Crippen molar-refractivity contribution in [2.45, 2.75) is 18.9 Å². The lowest BCUT2D eigenvalue weighted by molar-refractivity contribution is -0.141. The molecule has 0 bridgehead atoms. The van der Waals surface area contributed by atoms with Crippen molar-refractivity contribution in [1.82, 2.24) is 20.7 Å². The van der Waals surface area contributed by atoms with Crippen LogP contribution < -0.4 is 11.1 Å². The molecule has 0 fully saturated rings. The Labute approximate surface area is 168 Å². The number of hydrogen-bond donors (Lipinski definition) is 4. The van der Waals surface area contributed by atoms with Crippen LogP contribution in [0.25, 0.3) is 11.1 Å². The Hall–Kier alpha value is -3.52. The molecule has 0 saturated heterocycles. The normalized spacial score (nSPS) is 12.9. The zero-order chi connectivity index (χ0) is 20.6. The van der Waals surface area contributed by atoms with E-state index in [0.717, 1.165) is 16.7 Å². The molecule has 3 rings (SSSR count). The molecule has 2 atom stereocenters. The number of hydrogen-bond acceptors (Lipinski definition) is 5. The van der Waals surface area contributed by atoms with Gasteiger partial charge in [0.15, 0.2) is 5.69 Å². The molecule has 3 aromatic rings. The number of carbonyl (C=O) groups is 2. The predicted molar refractivity (Wildman–Crippen MR) is 108 cm³/mol. The molecule has 1 aromatic heterocycles. The molecule has 2 unspecified atom stereocenters. The topological polar surface area (TPSA) is 134 Å². The Kier molecular flexibility index (Phi) is 6.70. The summed E-state index contributed by atoms with van der Waals surface area (Å²) < 4.78 is 0. The van der Waals surface area contributed by atoms with Gasteiger partial charge in [0.25, 0.3) is 5.91 Å². The number of nitrogens with zero attached hydrogens (tertiary/aromatic N) is 2. The van der Waals surface area contributed by atoms with Gasteiger partial charge in [0.1, 0.15) is 0 Å². The van der Waals surface area contributed by atoms with E-state index in [1.165, 1.54) is 6.20 Å². The van der Waals surface area contributed by atoms with E-state index >= 15 is 0 Å². The third kappa shape index (κ3) is 5.49. The summed E-state index contributed by atoms with van der Waals surface area (Å²) in [6, 6.07) is 17.6. The van der Waals surface area contributed by atoms with Crippen LogP contribution in [0.2, 0.25) is 0 Å². The second-order valence-corrected chi connectivity index (χ2v) is 6.80. The lowest BCUT2D eigenvalue weighted by Crippen LogP contribution is -2.40. The fourth-order valence-electron chi connectivity index (χ4n) is 3.15. The summed E-state index contributed by atoms with van der Waals surface area (Å²) in [5, 5.41) is 22.0. The van der Waals surface area contributed by atoms with Gasteiger partial charge in [-0.05, 0) is 29.5 Å². The van der Waals surface area contributed by atoms with Crippen LogP contribution in [0.4, 0.5) is 0 Å². The van der Waals surface area contributed by atoms with E-state index in [1.807, 2.05) is 54.6 Å². The minimum absolute atomic E-state index is 0.00138. The number of nitrogens with one attached hydrogen (secondary N) is 2. The van der Waals surface area contributed by atoms with Crippen LogP contribution in [0, 0.1) is 5.92 Å². The maximum Gasteiger partial charge on any atom is 0.307 e. The first-order valence-corrected chi connectivity index (χ1v) is 9.30. The summed E-state index contributed by atoms with van der Waals surface area (Å²) in [5.41, 5.74) is 8.93. The van der Waals surface area contributed by atoms with E-state index in [-0.39, 0.29) is 18.7 Å². The van der Waals surface area contributed by atoms with Gasteiger partial charge in [0, 0.05) is 12.6 Å². The number of benzene rings is 2. The molecule has 0 aliphatic carbocycles. The molecule has 8 heteroatoms. The van der Waals surface area contributed by atoms with Crippen molar-refractivity contribution in [2.24, 2.45) is 11.7 Å². The fraction of sp³-hybridized carbons (Fsp3) is 0.238. The first-order valence-electron chi connectivity index (χ1n) is 9.30. The smallest absolute Gasteiger partial charge is 0.307 e. The molecule has 1 heterocycles. The molecule has 29 heavy (non-hydrogen) atoms. The second kappa shape index (κ2) is 9.61. The summed E-state index contributed by atoms with van der Waals surface area (Å²) in [6.45, 7) is -0.00138. The molecule has 0 aliphatic heterocycles. The van der Waals surface area contributed by atoms with Crippen LogP contribution in [0.3, 0.4) is 0 Å². The number of carbonyl (C=O) groups excluding carboxylic acids is 1.